The van der Waals surface area contributed by atoms with E-state index in [0.29, 0.717) is 32.0 Å². The lowest BCUT2D eigenvalue weighted by Gasteiger charge is -2.25. The van der Waals surface area contributed by atoms with Gasteiger partial charge in [-0.2, -0.15) is 0 Å². The van der Waals surface area contributed by atoms with Crippen molar-refractivity contribution in [1.82, 2.24) is 9.88 Å². The first-order chi connectivity index (χ1) is 18.2. The second kappa shape index (κ2) is 11.9. The van der Waals surface area contributed by atoms with E-state index in [-0.39, 0.29) is 13.2 Å². The van der Waals surface area contributed by atoms with E-state index >= 15 is 0 Å². The highest BCUT2D eigenvalue weighted by Crippen LogP contribution is 2.33. The molecule has 4 aromatic carbocycles. The van der Waals surface area contributed by atoms with Crippen LogP contribution in [0.2, 0.25) is 0 Å². The summed E-state index contributed by atoms with van der Waals surface area (Å²) in [6.45, 7) is 2.28. The molecule has 0 radical (unpaired) electrons. The van der Waals surface area contributed by atoms with Crippen LogP contribution in [0.5, 0.6) is 11.5 Å². The number of H-pyrrole nitrogens is 1. The molecule has 6 nitrogen and oxygen atoms in total. The standard InChI is InChI=1S/C31H32N2O4/c34-21-24-11-4-7-15-29(24)36-18-17-33(19-23-9-2-1-3-10-23)20-25(35)22-37-30-16-8-14-28-31(30)26-12-5-6-13-27(26)32-28/h1-16,25,32,34-35H,17-22H2. The molecule has 0 saturated heterocycles. The number of benzene rings is 4. The van der Waals surface area contributed by atoms with Gasteiger partial charge in [0.15, 0.2) is 0 Å². The lowest BCUT2D eigenvalue weighted by molar-refractivity contribution is 0.0609. The Labute approximate surface area is 216 Å². The summed E-state index contributed by atoms with van der Waals surface area (Å²) in [5.74, 6) is 1.44. The van der Waals surface area contributed by atoms with E-state index in [4.69, 9.17) is 9.47 Å². The number of aliphatic hydroxyl groups is 2. The van der Waals surface area contributed by atoms with Crippen molar-refractivity contribution in [2.75, 3.05) is 26.3 Å². The molecule has 0 bridgehead atoms. The maximum absolute atomic E-state index is 10.9. The number of rotatable bonds is 12. The van der Waals surface area contributed by atoms with Gasteiger partial charge < -0.3 is 24.7 Å². The summed E-state index contributed by atoms with van der Waals surface area (Å²) in [5, 5.41) is 22.6. The molecule has 5 rings (SSSR count). The maximum atomic E-state index is 10.9. The van der Waals surface area contributed by atoms with Gasteiger partial charge in [-0.1, -0.05) is 72.8 Å². The average Bonchev–Trinajstić information content (AvgIpc) is 3.32. The number of hydrogen-bond acceptors (Lipinski definition) is 5. The molecular formula is C31H32N2O4. The van der Waals surface area contributed by atoms with Gasteiger partial charge in [-0.3, -0.25) is 4.90 Å². The van der Waals surface area contributed by atoms with Crippen molar-refractivity contribution in [3.05, 3.63) is 108 Å². The predicted molar refractivity (Wildman–Crippen MR) is 147 cm³/mol. The molecule has 0 aliphatic carbocycles. The van der Waals surface area contributed by atoms with E-state index in [0.717, 1.165) is 38.7 Å². The number of para-hydroxylation sites is 2. The molecule has 0 amide bonds. The van der Waals surface area contributed by atoms with Crippen LogP contribution in [0.4, 0.5) is 0 Å². The molecule has 0 spiro atoms. The van der Waals surface area contributed by atoms with Crippen LogP contribution in [0.3, 0.4) is 0 Å². The van der Waals surface area contributed by atoms with E-state index in [2.05, 4.69) is 34.1 Å². The highest BCUT2D eigenvalue weighted by atomic mass is 16.5. The molecule has 3 N–H and O–H groups in total. The van der Waals surface area contributed by atoms with Gasteiger partial charge in [0.05, 0.1) is 12.1 Å². The maximum Gasteiger partial charge on any atom is 0.129 e. The van der Waals surface area contributed by atoms with Crippen molar-refractivity contribution in [3.8, 4) is 11.5 Å². The van der Waals surface area contributed by atoms with E-state index < -0.39 is 6.10 Å². The van der Waals surface area contributed by atoms with Crippen LogP contribution >= 0.6 is 0 Å². The average molecular weight is 497 g/mol. The van der Waals surface area contributed by atoms with Crippen LogP contribution in [0.15, 0.2) is 97.1 Å². The number of fused-ring (bicyclic) bond motifs is 3. The molecule has 1 aromatic heterocycles. The molecule has 1 heterocycles. The number of nitrogens with zero attached hydrogens (tertiary/aromatic N) is 1. The summed E-state index contributed by atoms with van der Waals surface area (Å²) >= 11 is 0. The molecule has 1 unspecified atom stereocenters. The monoisotopic (exact) mass is 496 g/mol. The van der Waals surface area contributed by atoms with Gasteiger partial charge in [0.25, 0.3) is 0 Å². The van der Waals surface area contributed by atoms with Gasteiger partial charge in [0.2, 0.25) is 0 Å². The highest BCUT2D eigenvalue weighted by Gasteiger charge is 2.16. The third kappa shape index (κ3) is 6.12. The van der Waals surface area contributed by atoms with Crippen molar-refractivity contribution < 1.29 is 19.7 Å². The minimum atomic E-state index is -0.686. The molecule has 190 valence electrons. The molecule has 0 fully saturated rings. The summed E-state index contributed by atoms with van der Waals surface area (Å²) in [4.78, 5) is 5.59. The Balaban J connectivity index is 1.24. The Morgan fingerprint density at radius 2 is 1.49 bits per heavy atom. The van der Waals surface area contributed by atoms with Crippen LogP contribution in [0, 0.1) is 0 Å². The summed E-state index contributed by atoms with van der Waals surface area (Å²) in [6.07, 6.45) is -0.686. The number of aromatic amines is 1. The van der Waals surface area contributed by atoms with Gasteiger partial charge in [0.1, 0.15) is 30.8 Å². The molecule has 6 heteroatoms. The summed E-state index contributed by atoms with van der Waals surface area (Å²) in [6, 6.07) is 31.8. The Morgan fingerprint density at radius 3 is 2.35 bits per heavy atom. The Bertz CT molecular complexity index is 1430. The first kappa shape index (κ1) is 24.8. The van der Waals surface area contributed by atoms with Gasteiger partial charge in [-0.15, -0.1) is 0 Å². The third-order valence-electron chi connectivity index (χ3n) is 6.45. The summed E-state index contributed by atoms with van der Waals surface area (Å²) in [7, 11) is 0. The lowest BCUT2D eigenvalue weighted by Crippen LogP contribution is -2.37. The van der Waals surface area contributed by atoms with Gasteiger partial charge in [0, 0.05) is 41.5 Å². The molecule has 1 atom stereocenters. The van der Waals surface area contributed by atoms with Crippen LogP contribution in [-0.4, -0.2) is 52.5 Å². The fraction of sp³-hybridized carbons (Fsp3) is 0.226. The van der Waals surface area contributed by atoms with E-state index in [1.165, 1.54) is 0 Å². The second-order valence-electron chi connectivity index (χ2n) is 9.15. The summed E-state index contributed by atoms with van der Waals surface area (Å²) < 4.78 is 12.1. The van der Waals surface area contributed by atoms with E-state index in [1.807, 2.05) is 72.8 Å². The minimum absolute atomic E-state index is 0.0663. The van der Waals surface area contributed by atoms with Crippen molar-refractivity contribution in [1.29, 1.82) is 0 Å². The van der Waals surface area contributed by atoms with Crippen molar-refractivity contribution in [2.24, 2.45) is 0 Å². The largest absolute Gasteiger partial charge is 0.492 e. The quantitative estimate of drug-likeness (QED) is 0.223. The van der Waals surface area contributed by atoms with Crippen molar-refractivity contribution >= 4 is 21.8 Å². The van der Waals surface area contributed by atoms with E-state index in [1.54, 1.807) is 0 Å². The zero-order valence-corrected chi connectivity index (χ0v) is 20.7. The molecular weight excluding hydrogens is 464 g/mol. The minimum Gasteiger partial charge on any atom is -0.492 e. The summed E-state index contributed by atoms with van der Waals surface area (Å²) in [5.41, 5.74) is 4.00. The Kier molecular flexibility index (Phi) is 8.01. The molecule has 5 aromatic rings. The van der Waals surface area contributed by atoms with Crippen molar-refractivity contribution in [3.63, 3.8) is 0 Å². The number of hydrogen-bond donors (Lipinski definition) is 3. The van der Waals surface area contributed by atoms with Crippen LogP contribution in [0.25, 0.3) is 21.8 Å². The molecule has 0 aliphatic rings. The second-order valence-corrected chi connectivity index (χ2v) is 9.15. The molecule has 0 aliphatic heterocycles. The fourth-order valence-corrected chi connectivity index (χ4v) is 4.66. The number of aliphatic hydroxyl groups excluding tert-OH is 2. The number of ether oxygens (including phenoxy) is 2. The zero-order valence-electron chi connectivity index (χ0n) is 20.7. The number of nitrogens with one attached hydrogen (secondary N) is 1. The van der Waals surface area contributed by atoms with Crippen LogP contribution in [-0.2, 0) is 13.2 Å². The Hall–Kier alpha value is -3.84. The molecule has 37 heavy (non-hydrogen) atoms. The van der Waals surface area contributed by atoms with Gasteiger partial charge in [-0.05, 0) is 29.8 Å². The van der Waals surface area contributed by atoms with Crippen LogP contribution < -0.4 is 9.47 Å². The SMILES string of the molecule is OCc1ccccc1OCCN(Cc1ccccc1)CC(O)COc1cccc2[nH]c3ccccc3c12. The fourth-order valence-electron chi connectivity index (χ4n) is 4.66. The third-order valence-corrected chi connectivity index (χ3v) is 6.45. The van der Waals surface area contributed by atoms with Gasteiger partial charge in [-0.25, -0.2) is 0 Å². The first-order valence-corrected chi connectivity index (χ1v) is 12.6. The van der Waals surface area contributed by atoms with Crippen LogP contribution in [0.1, 0.15) is 11.1 Å². The highest BCUT2D eigenvalue weighted by molar-refractivity contribution is 6.10. The smallest absolute Gasteiger partial charge is 0.129 e. The Morgan fingerprint density at radius 1 is 0.757 bits per heavy atom. The van der Waals surface area contributed by atoms with Crippen molar-refractivity contribution in [2.45, 2.75) is 19.3 Å². The van der Waals surface area contributed by atoms with E-state index in [9.17, 15) is 10.2 Å². The zero-order chi connectivity index (χ0) is 25.5. The predicted octanol–water partition coefficient (Wildman–Crippen LogP) is 5.13. The lowest BCUT2D eigenvalue weighted by atomic mass is 10.1. The first-order valence-electron chi connectivity index (χ1n) is 12.6. The number of aromatic nitrogens is 1. The molecule has 0 saturated carbocycles. The van der Waals surface area contributed by atoms with Gasteiger partial charge >= 0.3 is 0 Å². The normalized spacial score (nSPS) is 12.3. The topological polar surface area (TPSA) is 78.0 Å².